The molecule has 0 fully saturated rings. The number of carbonyl (C=O) groups excluding carboxylic acids is 1. The summed E-state index contributed by atoms with van der Waals surface area (Å²) in [4.78, 5) is 14.3. The van der Waals surface area contributed by atoms with Crippen molar-refractivity contribution in [1.82, 2.24) is 15.2 Å². The standard InChI is InChI=1S/C9H7N3O.C2H6/c13-6-8-10-9(12-11-8)7-4-2-1-3-5-7;1-2/h1-6H,(H,10,11,12);1-2H3. The minimum absolute atomic E-state index is 0.249. The molecule has 0 amide bonds. The van der Waals surface area contributed by atoms with Crippen molar-refractivity contribution >= 4 is 6.29 Å². The van der Waals surface area contributed by atoms with Gasteiger partial charge in [0.1, 0.15) is 0 Å². The van der Waals surface area contributed by atoms with Gasteiger partial charge in [0.05, 0.1) is 0 Å². The van der Waals surface area contributed by atoms with E-state index in [4.69, 9.17) is 0 Å². The lowest BCUT2D eigenvalue weighted by atomic mass is 10.2. The molecular weight excluding hydrogens is 190 g/mol. The second kappa shape index (κ2) is 5.70. The van der Waals surface area contributed by atoms with E-state index in [1.807, 2.05) is 44.2 Å². The maximum atomic E-state index is 10.3. The molecular formula is C11H13N3O. The lowest BCUT2D eigenvalue weighted by Gasteiger charge is -1.90. The van der Waals surface area contributed by atoms with Crippen LogP contribution in [-0.2, 0) is 0 Å². The molecule has 0 saturated heterocycles. The van der Waals surface area contributed by atoms with Crippen LogP contribution < -0.4 is 0 Å². The van der Waals surface area contributed by atoms with Crippen molar-refractivity contribution in [3.05, 3.63) is 36.2 Å². The first-order valence-corrected chi connectivity index (χ1v) is 4.83. The Bertz CT molecular complexity index is 409. The van der Waals surface area contributed by atoms with Gasteiger partial charge in [0.2, 0.25) is 0 Å². The molecule has 1 heterocycles. The van der Waals surface area contributed by atoms with Crippen molar-refractivity contribution in [2.24, 2.45) is 0 Å². The Morgan fingerprint density at radius 2 is 1.87 bits per heavy atom. The summed E-state index contributed by atoms with van der Waals surface area (Å²) in [6.07, 6.45) is 0.638. The van der Waals surface area contributed by atoms with Crippen LogP contribution in [0.4, 0.5) is 0 Å². The Morgan fingerprint density at radius 1 is 1.20 bits per heavy atom. The number of hydrogen-bond donors (Lipinski definition) is 1. The van der Waals surface area contributed by atoms with Crippen LogP contribution >= 0.6 is 0 Å². The number of nitrogens with zero attached hydrogens (tertiary/aromatic N) is 2. The van der Waals surface area contributed by atoms with E-state index in [0.717, 1.165) is 5.56 Å². The minimum atomic E-state index is 0.249. The fourth-order valence-corrected chi connectivity index (χ4v) is 1.04. The molecule has 0 bridgehead atoms. The predicted molar refractivity (Wildman–Crippen MR) is 58.6 cm³/mol. The third kappa shape index (κ3) is 2.74. The second-order valence-electron chi connectivity index (χ2n) is 2.53. The maximum absolute atomic E-state index is 10.3. The highest BCUT2D eigenvalue weighted by atomic mass is 16.1. The second-order valence-corrected chi connectivity index (χ2v) is 2.53. The van der Waals surface area contributed by atoms with Crippen LogP contribution in [-0.4, -0.2) is 21.5 Å². The first kappa shape index (κ1) is 11.1. The largest absolute Gasteiger partial charge is 0.294 e. The molecule has 2 aromatic rings. The summed E-state index contributed by atoms with van der Waals surface area (Å²) in [5.41, 5.74) is 0.895. The van der Waals surface area contributed by atoms with Gasteiger partial charge >= 0.3 is 0 Å². The summed E-state index contributed by atoms with van der Waals surface area (Å²) >= 11 is 0. The van der Waals surface area contributed by atoms with Gasteiger partial charge in [-0.2, -0.15) is 5.10 Å². The first-order valence-electron chi connectivity index (χ1n) is 4.83. The Hall–Kier alpha value is -1.97. The van der Waals surface area contributed by atoms with E-state index in [1.165, 1.54) is 0 Å². The summed E-state index contributed by atoms with van der Waals surface area (Å²) in [7, 11) is 0. The maximum Gasteiger partial charge on any atom is 0.189 e. The van der Waals surface area contributed by atoms with Crippen LogP contribution in [0.2, 0.25) is 0 Å². The Balaban J connectivity index is 0.000000531. The minimum Gasteiger partial charge on any atom is -0.294 e. The van der Waals surface area contributed by atoms with Crippen molar-refractivity contribution in [1.29, 1.82) is 0 Å². The molecule has 0 unspecified atom stereocenters. The molecule has 15 heavy (non-hydrogen) atoms. The SMILES string of the molecule is CC.O=Cc1nc(-c2ccccc2)n[nH]1. The van der Waals surface area contributed by atoms with Crippen LogP contribution in [0.1, 0.15) is 24.5 Å². The fourth-order valence-electron chi connectivity index (χ4n) is 1.04. The van der Waals surface area contributed by atoms with E-state index in [-0.39, 0.29) is 5.82 Å². The van der Waals surface area contributed by atoms with Crippen LogP contribution in [0.5, 0.6) is 0 Å². The number of carbonyl (C=O) groups is 1. The van der Waals surface area contributed by atoms with Crippen molar-refractivity contribution < 1.29 is 4.79 Å². The van der Waals surface area contributed by atoms with Crippen LogP contribution in [0.25, 0.3) is 11.4 Å². The summed E-state index contributed by atoms with van der Waals surface area (Å²) < 4.78 is 0. The van der Waals surface area contributed by atoms with Gasteiger partial charge in [-0.15, -0.1) is 0 Å². The normalized spacial score (nSPS) is 8.93. The summed E-state index contributed by atoms with van der Waals surface area (Å²) in [5, 5.41) is 6.41. The molecule has 1 aromatic carbocycles. The predicted octanol–water partition coefficient (Wildman–Crippen LogP) is 2.31. The van der Waals surface area contributed by atoms with E-state index in [2.05, 4.69) is 15.2 Å². The number of nitrogens with one attached hydrogen (secondary N) is 1. The number of aromatic nitrogens is 3. The number of hydrogen-bond acceptors (Lipinski definition) is 3. The molecule has 2 rings (SSSR count). The Kier molecular flexibility index (Phi) is 4.22. The van der Waals surface area contributed by atoms with Crippen LogP contribution in [0, 0.1) is 0 Å². The molecule has 4 nitrogen and oxygen atoms in total. The molecule has 1 N–H and O–H groups in total. The Labute approximate surface area is 88.4 Å². The lowest BCUT2D eigenvalue weighted by Crippen LogP contribution is -1.81. The number of rotatable bonds is 2. The zero-order chi connectivity index (χ0) is 11.1. The molecule has 0 saturated carbocycles. The lowest BCUT2D eigenvalue weighted by molar-refractivity contribution is 0.111. The van der Waals surface area contributed by atoms with Gasteiger partial charge in [-0.1, -0.05) is 44.2 Å². The van der Waals surface area contributed by atoms with E-state index in [1.54, 1.807) is 0 Å². The smallest absolute Gasteiger partial charge is 0.189 e. The molecule has 0 aliphatic heterocycles. The van der Waals surface area contributed by atoms with Crippen molar-refractivity contribution in [2.45, 2.75) is 13.8 Å². The molecule has 0 spiro atoms. The fraction of sp³-hybridized carbons (Fsp3) is 0.182. The van der Waals surface area contributed by atoms with Gasteiger partial charge in [-0.05, 0) is 0 Å². The van der Waals surface area contributed by atoms with Gasteiger partial charge in [0, 0.05) is 5.56 Å². The highest BCUT2D eigenvalue weighted by molar-refractivity contribution is 5.70. The van der Waals surface area contributed by atoms with Gasteiger partial charge in [0.25, 0.3) is 0 Å². The molecule has 0 aliphatic rings. The monoisotopic (exact) mass is 203 g/mol. The summed E-state index contributed by atoms with van der Waals surface area (Å²) in [6, 6.07) is 9.48. The van der Waals surface area contributed by atoms with E-state index in [9.17, 15) is 4.79 Å². The average Bonchev–Trinajstić information content (AvgIpc) is 2.81. The van der Waals surface area contributed by atoms with Gasteiger partial charge in [-0.25, -0.2) is 4.98 Å². The van der Waals surface area contributed by atoms with Crippen LogP contribution in [0.3, 0.4) is 0 Å². The number of aldehydes is 1. The van der Waals surface area contributed by atoms with Gasteiger partial charge in [0.15, 0.2) is 17.9 Å². The van der Waals surface area contributed by atoms with Gasteiger partial charge < -0.3 is 0 Å². The molecule has 1 aromatic heterocycles. The Morgan fingerprint density at radius 3 is 2.40 bits per heavy atom. The van der Waals surface area contributed by atoms with E-state index < -0.39 is 0 Å². The zero-order valence-electron chi connectivity index (χ0n) is 8.77. The quantitative estimate of drug-likeness (QED) is 0.762. The summed E-state index contributed by atoms with van der Waals surface area (Å²) in [5.74, 6) is 0.793. The number of benzene rings is 1. The third-order valence-corrected chi connectivity index (χ3v) is 1.65. The molecule has 4 heteroatoms. The highest BCUT2D eigenvalue weighted by Gasteiger charge is 2.02. The number of H-pyrrole nitrogens is 1. The average molecular weight is 203 g/mol. The molecule has 0 radical (unpaired) electrons. The highest BCUT2D eigenvalue weighted by Crippen LogP contribution is 2.12. The van der Waals surface area contributed by atoms with E-state index >= 15 is 0 Å². The molecule has 0 aliphatic carbocycles. The third-order valence-electron chi connectivity index (χ3n) is 1.65. The van der Waals surface area contributed by atoms with Crippen molar-refractivity contribution in [2.75, 3.05) is 0 Å². The first-order chi connectivity index (χ1) is 7.40. The zero-order valence-corrected chi connectivity index (χ0v) is 8.77. The number of aromatic amines is 1. The topological polar surface area (TPSA) is 58.6 Å². The van der Waals surface area contributed by atoms with Gasteiger partial charge in [-0.3, -0.25) is 9.89 Å². The van der Waals surface area contributed by atoms with Crippen molar-refractivity contribution in [3.63, 3.8) is 0 Å². The van der Waals surface area contributed by atoms with E-state index in [0.29, 0.717) is 12.1 Å². The van der Waals surface area contributed by atoms with Crippen molar-refractivity contribution in [3.8, 4) is 11.4 Å². The summed E-state index contributed by atoms with van der Waals surface area (Å²) in [6.45, 7) is 4.00. The molecule has 0 atom stereocenters. The molecule has 78 valence electrons. The van der Waals surface area contributed by atoms with Crippen LogP contribution in [0.15, 0.2) is 30.3 Å².